The Labute approximate surface area is 117 Å². The van der Waals surface area contributed by atoms with Gasteiger partial charge >= 0.3 is 0 Å². The monoisotopic (exact) mass is 279 g/mol. The van der Waals surface area contributed by atoms with Crippen LogP contribution in [0.3, 0.4) is 0 Å². The molecule has 108 valence electrons. The molecule has 0 aliphatic rings. The van der Waals surface area contributed by atoms with Crippen molar-refractivity contribution in [1.82, 2.24) is 15.1 Å². The quantitative estimate of drug-likeness (QED) is 0.906. The molecule has 0 fully saturated rings. The van der Waals surface area contributed by atoms with Crippen molar-refractivity contribution in [3.05, 3.63) is 53.4 Å². The molecule has 1 aromatic carbocycles. The summed E-state index contributed by atoms with van der Waals surface area (Å²) >= 11 is 0. The second kappa shape index (κ2) is 6.13. The molecule has 0 saturated carbocycles. The molecule has 3 nitrogen and oxygen atoms in total. The van der Waals surface area contributed by atoms with E-state index in [0.29, 0.717) is 5.56 Å². The summed E-state index contributed by atoms with van der Waals surface area (Å²) < 4.78 is 28.5. The Balaban J connectivity index is 2.08. The Morgan fingerprint density at radius 2 is 2.00 bits per heavy atom. The van der Waals surface area contributed by atoms with Gasteiger partial charge in [-0.15, -0.1) is 0 Å². The molecular weight excluding hydrogens is 260 g/mol. The van der Waals surface area contributed by atoms with Gasteiger partial charge in [0, 0.05) is 42.0 Å². The minimum absolute atomic E-state index is 0.0368. The molecule has 0 aliphatic carbocycles. The van der Waals surface area contributed by atoms with Gasteiger partial charge in [0.05, 0.1) is 6.20 Å². The fourth-order valence-corrected chi connectivity index (χ4v) is 2.19. The van der Waals surface area contributed by atoms with E-state index in [1.54, 1.807) is 6.20 Å². The zero-order valence-corrected chi connectivity index (χ0v) is 11.9. The maximum atomic E-state index is 13.7. The van der Waals surface area contributed by atoms with Crippen molar-refractivity contribution in [1.29, 1.82) is 0 Å². The van der Waals surface area contributed by atoms with Gasteiger partial charge in [0.25, 0.3) is 0 Å². The Bertz CT molecular complexity index is 580. The van der Waals surface area contributed by atoms with Crippen molar-refractivity contribution in [3.63, 3.8) is 0 Å². The molecule has 0 radical (unpaired) electrons. The normalized spacial score (nSPS) is 14.2. The van der Waals surface area contributed by atoms with Gasteiger partial charge in [-0.3, -0.25) is 4.68 Å². The number of nitrogens with one attached hydrogen (secondary N) is 1. The van der Waals surface area contributed by atoms with Crippen LogP contribution >= 0.6 is 0 Å². The molecule has 2 atom stereocenters. The molecule has 2 rings (SSSR count). The smallest absolute Gasteiger partial charge is 0.130 e. The molecule has 5 heteroatoms. The SMILES string of the molecule is CCn1cc(C(C)NC(C)c2ccc(F)cc2F)cn1. The second-order valence-electron chi connectivity index (χ2n) is 4.91. The number of aromatic nitrogens is 2. The van der Waals surface area contributed by atoms with E-state index in [1.807, 2.05) is 31.6 Å². The van der Waals surface area contributed by atoms with Crippen LogP contribution in [0.5, 0.6) is 0 Å². The second-order valence-corrected chi connectivity index (χ2v) is 4.91. The van der Waals surface area contributed by atoms with Crippen molar-refractivity contribution in [2.24, 2.45) is 0 Å². The van der Waals surface area contributed by atoms with Crippen molar-refractivity contribution in [2.75, 3.05) is 0 Å². The van der Waals surface area contributed by atoms with Crippen LogP contribution in [0.4, 0.5) is 8.78 Å². The lowest BCUT2D eigenvalue weighted by Gasteiger charge is -2.20. The largest absolute Gasteiger partial charge is 0.303 e. The van der Waals surface area contributed by atoms with E-state index >= 15 is 0 Å². The van der Waals surface area contributed by atoms with Gasteiger partial charge in [-0.05, 0) is 26.8 Å². The number of aryl methyl sites for hydroxylation is 1. The van der Waals surface area contributed by atoms with Gasteiger partial charge in [-0.1, -0.05) is 6.07 Å². The number of hydrogen-bond donors (Lipinski definition) is 1. The van der Waals surface area contributed by atoms with Gasteiger partial charge in [0.15, 0.2) is 0 Å². The molecule has 2 unspecified atom stereocenters. The lowest BCUT2D eigenvalue weighted by molar-refractivity contribution is 0.470. The molecule has 1 heterocycles. The van der Waals surface area contributed by atoms with Crippen molar-refractivity contribution in [3.8, 4) is 0 Å². The minimum atomic E-state index is -0.560. The van der Waals surface area contributed by atoms with Crippen molar-refractivity contribution in [2.45, 2.75) is 39.4 Å². The molecule has 0 spiro atoms. The molecule has 0 amide bonds. The summed E-state index contributed by atoms with van der Waals surface area (Å²) in [5.41, 5.74) is 1.50. The third-order valence-corrected chi connectivity index (χ3v) is 3.41. The summed E-state index contributed by atoms with van der Waals surface area (Å²) in [5, 5.41) is 7.51. The number of hydrogen-bond acceptors (Lipinski definition) is 2. The molecule has 1 N–H and O–H groups in total. The Kier molecular flexibility index (Phi) is 4.49. The van der Waals surface area contributed by atoms with E-state index in [4.69, 9.17) is 0 Å². The maximum absolute atomic E-state index is 13.7. The first-order chi connectivity index (χ1) is 9.51. The summed E-state index contributed by atoms with van der Waals surface area (Å²) in [6.07, 6.45) is 3.76. The highest BCUT2D eigenvalue weighted by Crippen LogP contribution is 2.21. The van der Waals surface area contributed by atoms with Crippen LogP contribution < -0.4 is 5.32 Å². The van der Waals surface area contributed by atoms with Crippen LogP contribution in [0.1, 0.15) is 44.0 Å². The lowest BCUT2D eigenvalue weighted by Crippen LogP contribution is -2.23. The summed E-state index contributed by atoms with van der Waals surface area (Å²) in [7, 11) is 0. The van der Waals surface area contributed by atoms with Crippen molar-refractivity contribution < 1.29 is 8.78 Å². The Morgan fingerprint density at radius 3 is 2.60 bits per heavy atom. The van der Waals surface area contributed by atoms with E-state index in [0.717, 1.165) is 18.2 Å². The highest BCUT2D eigenvalue weighted by atomic mass is 19.1. The first-order valence-corrected chi connectivity index (χ1v) is 6.74. The number of nitrogens with zero attached hydrogens (tertiary/aromatic N) is 2. The topological polar surface area (TPSA) is 29.9 Å². The fraction of sp³-hybridized carbons (Fsp3) is 0.400. The highest BCUT2D eigenvalue weighted by Gasteiger charge is 2.15. The Morgan fingerprint density at radius 1 is 1.25 bits per heavy atom. The Hall–Kier alpha value is -1.75. The average Bonchev–Trinajstić information content (AvgIpc) is 2.87. The first-order valence-electron chi connectivity index (χ1n) is 6.74. The van der Waals surface area contributed by atoms with Gasteiger partial charge in [-0.2, -0.15) is 5.10 Å². The van der Waals surface area contributed by atoms with E-state index in [-0.39, 0.29) is 12.1 Å². The van der Waals surface area contributed by atoms with E-state index in [9.17, 15) is 8.78 Å². The van der Waals surface area contributed by atoms with Gasteiger partial charge in [0.1, 0.15) is 11.6 Å². The molecule has 20 heavy (non-hydrogen) atoms. The molecular formula is C15H19F2N3. The van der Waals surface area contributed by atoms with Crippen molar-refractivity contribution >= 4 is 0 Å². The summed E-state index contributed by atoms with van der Waals surface area (Å²) in [6.45, 7) is 6.69. The number of benzene rings is 1. The van der Waals surface area contributed by atoms with Crippen LogP contribution in [-0.2, 0) is 6.54 Å². The van der Waals surface area contributed by atoms with Gasteiger partial charge < -0.3 is 5.32 Å². The summed E-state index contributed by atoms with van der Waals surface area (Å²) in [4.78, 5) is 0. The summed E-state index contributed by atoms with van der Waals surface area (Å²) in [6, 6.07) is 3.49. The zero-order valence-electron chi connectivity index (χ0n) is 11.9. The van der Waals surface area contributed by atoms with E-state index < -0.39 is 11.6 Å². The average molecular weight is 279 g/mol. The van der Waals surface area contributed by atoms with Crippen LogP contribution in [0, 0.1) is 11.6 Å². The number of rotatable bonds is 5. The van der Waals surface area contributed by atoms with E-state index in [2.05, 4.69) is 10.4 Å². The molecule has 1 aromatic heterocycles. The molecule has 0 saturated heterocycles. The first kappa shape index (κ1) is 14.7. The minimum Gasteiger partial charge on any atom is -0.303 e. The van der Waals surface area contributed by atoms with Crippen LogP contribution in [0.15, 0.2) is 30.6 Å². The third kappa shape index (κ3) is 3.22. The zero-order chi connectivity index (χ0) is 14.7. The van der Waals surface area contributed by atoms with E-state index in [1.165, 1.54) is 12.1 Å². The molecule has 0 aliphatic heterocycles. The lowest BCUT2D eigenvalue weighted by atomic mass is 10.1. The summed E-state index contributed by atoms with van der Waals surface area (Å²) in [5.74, 6) is -1.09. The molecule has 2 aromatic rings. The highest BCUT2D eigenvalue weighted by molar-refractivity contribution is 5.22. The fourth-order valence-electron chi connectivity index (χ4n) is 2.19. The van der Waals surface area contributed by atoms with Gasteiger partial charge in [0.2, 0.25) is 0 Å². The maximum Gasteiger partial charge on any atom is 0.130 e. The standard InChI is InChI=1S/C15H19F2N3/c1-4-20-9-12(8-18-20)10(2)19-11(3)14-6-5-13(16)7-15(14)17/h5-11,19H,4H2,1-3H3. The van der Waals surface area contributed by atoms with Gasteiger partial charge in [-0.25, -0.2) is 8.78 Å². The number of halogens is 2. The van der Waals surface area contributed by atoms with Crippen LogP contribution in [0.2, 0.25) is 0 Å². The predicted molar refractivity (Wildman–Crippen MR) is 74.2 cm³/mol. The predicted octanol–water partition coefficient (Wildman–Crippen LogP) is 3.59. The van der Waals surface area contributed by atoms with Crippen LogP contribution in [0.25, 0.3) is 0 Å². The third-order valence-electron chi connectivity index (χ3n) is 3.41. The van der Waals surface area contributed by atoms with Crippen LogP contribution in [-0.4, -0.2) is 9.78 Å². The molecule has 0 bridgehead atoms.